The van der Waals surface area contributed by atoms with E-state index >= 15 is 0 Å². The van der Waals surface area contributed by atoms with Crippen molar-refractivity contribution in [1.82, 2.24) is 10.6 Å². The number of alkyl carbamates (subject to hydrolysis) is 2. The minimum atomic E-state index is -1.28. The smallest absolute Gasteiger partial charge is 0.408 e. The standard InChI is InChI=1S/C28H36N2O6S/c1-27(2,3)36-25(33)29-16-10-15-28(4,24(31)32)23(37-5)30-26(34)35-17-22-20-13-8-6-11-18(20)19-12-7-9-14-21(19)22/h6-9,11-14,22-23H,10,15-17H2,1-5H3,(H,29,33)(H,30,34)(H,31,32)/t23?,28-/m1/s1. The lowest BCUT2D eigenvalue weighted by Gasteiger charge is -2.33. The van der Waals surface area contributed by atoms with Gasteiger partial charge in [-0.05, 0) is 69.0 Å². The van der Waals surface area contributed by atoms with Gasteiger partial charge in [-0.25, -0.2) is 9.59 Å². The van der Waals surface area contributed by atoms with E-state index in [0.717, 1.165) is 22.3 Å². The van der Waals surface area contributed by atoms with Crippen LogP contribution < -0.4 is 10.6 Å². The number of amides is 2. The van der Waals surface area contributed by atoms with Crippen LogP contribution in [0, 0.1) is 5.41 Å². The van der Waals surface area contributed by atoms with Gasteiger partial charge in [-0.3, -0.25) is 4.79 Å². The fraction of sp³-hybridized carbons (Fsp3) is 0.464. The van der Waals surface area contributed by atoms with E-state index in [2.05, 4.69) is 22.8 Å². The van der Waals surface area contributed by atoms with Crippen LogP contribution in [0.3, 0.4) is 0 Å². The normalized spacial score (nSPS) is 15.1. The molecule has 2 aromatic carbocycles. The van der Waals surface area contributed by atoms with Gasteiger partial charge < -0.3 is 25.2 Å². The highest BCUT2D eigenvalue weighted by Gasteiger charge is 2.42. The molecule has 0 saturated heterocycles. The maximum absolute atomic E-state index is 12.8. The third-order valence-electron chi connectivity index (χ3n) is 6.44. The van der Waals surface area contributed by atoms with Crippen molar-refractivity contribution in [1.29, 1.82) is 0 Å². The predicted molar refractivity (Wildman–Crippen MR) is 145 cm³/mol. The number of nitrogens with one attached hydrogen (secondary N) is 2. The van der Waals surface area contributed by atoms with Crippen LogP contribution in [0.2, 0.25) is 0 Å². The highest BCUT2D eigenvalue weighted by Crippen LogP contribution is 2.44. The Hall–Kier alpha value is -3.20. The molecule has 1 unspecified atom stereocenters. The largest absolute Gasteiger partial charge is 0.481 e. The molecule has 3 rings (SSSR count). The van der Waals surface area contributed by atoms with Crippen molar-refractivity contribution in [2.24, 2.45) is 5.41 Å². The second-order valence-corrected chi connectivity index (χ2v) is 11.3. The van der Waals surface area contributed by atoms with Crippen LogP contribution in [0.5, 0.6) is 0 Å². The zero-order valence-corrected chi connectivity index (χ0v) is 22.8. The lowest BCUT2D eigenvalue weighted by molar-refractivity contribution is -0.148. The third-order valence-corrected chi connectivity index (χ3v) is 7.55. The number of thioether (sulfide) groups is 1. The van der Waals surface area contributed by atoms with Gasteiger partial charge in [0.05, 0.1) is 10.8 Å². The summed E-state index contributed by atoms with van der Waals surface area (Å²) in [5.41, 5.74) is 2.58. The van der Waals surface area contributed by atoms with Gasteiger partial charge >= 0.3 is 18.2 Å². The zero-order valence-electron chi connectivity index (χ0n) is 22.0. The number of carboxylic acids is 1. The van der Waals surface area contributed by atoms with E-state index in [-0.39, 0.29) is 25.5 Å². The molecule has 8 nitrogen and oxygen atoms in total. The van der Waals surface area contributed by atoms with Gasteiger partial charge in [0.15, 0.2) is 0 Å². The summed E-state index contributed by atoms with van der Waals surface area (Å²) in [6.07, 6.45) is 1.15. The predicted octanol–water partition coefficient (Wildman–Crippen LogP) is 5.61. The molecule has 2 amide bonds. The summed E-state index contributed by atoms with van der Waals surface area (Å²) in [6.45, 7) is 7.30. The minimum Gasteiger partial charge on any atom is -0.481 e. The number of aliphatic carboxylic acids is 1. The molecule has 2 atom stereocenters. The fourth-order valence-electron chi connectivity index (χ4n) is 4.54. The van der Waals surface area contributed by atoms with Crippen LogP contribution in [0.4, 0.5) is 9.59 Å². The Morgan fingerprint density at radius 3 is 2.05 bits per heavy atom. The molecule has 0 fully saturated rings. The van der Waals surface area contributed by atoms with Crippen LogP contribution in [0.1, 0.15) is 57.6 Å². The Balaban J connectivity index is 1.59. The van der Waals surface area contributed by atoms with Crippen molar-refractivity contribution in [3.05, 3.63) is 59.7 Å². The maximum atomic E-state index is 12.8. The van der Waals surface area contributed by atoms with E-state index in [9.17, 15) is 19.5 Å². The number of carboxylic acid groups (broad SMARTS) is 1. The number of fused-ring (bicyclic) bond motifs is 3. The Morgan fingerprint density at radius 2 is 1.54 bits per heavy atom. The minimum absolute atomic E-state index is 0.0873. The van der Waals surface area contributed by atoms with Gasteiger partial charge in [-0.2, -0.15) is 0 Å². The van der Waals surface area contributed by atoms with Crippen molar-refractivity contribution < 1.29 is 29.0 Å². The van der Waals surface area contributed by atoms with E-state index in [1.165, 1.54) is 11.8 Å². The van der Waals surface area contributed by atoms with E-state index in [4.69, 9.17) is 9.47 Å². The number of benzene rings is 2. The topological polar surface area (TPSA) is 114 Å². The molecule has 0 saturated carbocycles. The van der Waals surface area contributed by atoms with E-state index in [1.807, 2.05) is 36.4 Å². The molecule has 37 heavy (non-hydrogen) atoms. The van der Waals surface area contributed by atoms with Crippen LogP contribution >= 0.6 is 11.8 Å². The van der Waals surface area contributed by atoms with Crippen molar-refractivity contribution in [2.45, 2.75) is 57.4 Å². The van der Waals surface area contributed by atoms with Gasteiger partial charge in [0.25, 0.3) is 0 Å². The van der Waals surface area contributed by atoms with Crippen LogP contribution in [0.25, 0.3) is 11.1 Å². The van der Waals surface area contributed by atoms with E-state index in [1.54, 1.807) is 34.0 Å². The van der Waals surface area contributed by atoms with Crippen LogP contribution in [-0.4, -0.2) is 53.6 Å². The second kappa shape index (κ2) is 11.9. The first-order valence-corrected chi connectivity index (χ1v) is 13.6. The summed E-state index contributed by atoms with van der Waals surface area (Å²) in [6, 6.07) is 16.1. The molecule has 200 valence electrons. The molecule has 9 heteroatoms. The molecular formula is C28H36N2O6S. The Morgan fingerprint density at radius 1 is 0.973 bits per heavy atom. The third kappa shape index (κ3) is 6.97. The summed E-state index contributed by atoms with van der Waals surface area (Å²) in [5, 5.41) is 14.7. The highest BCUT2D eigenvalue weighted by atomic mass is 32.2. The Kier molecular flexibility index (Phi) is 9.12. The molecule has 0 bridgehead atoms. The van der Waals surface area contributed by atoms with Crippen LogP contribution in [0.15, 0.2) is 48.5 Å². The van der Waals surface area contributed by atoms with Gasteiger partial charge in [0, 0.05) is 12.5 Å². The molecule has 0 radical (unpaired) electrons. The summed E-state index contributed by atoms with van der Waals surface area (Å²) in [7, 11) is 0. The lowest BCUT2D eigenvalue weighted by Crippen LogP contribution is -2.49. The van der Waals surface area contributed by atoms with Crippen molar-refractivity contribution in [3.8, 4) is 11.1 Å². The van der Waals surface area contributed by atoms with E-state index < -0.39 is 34.5 Å². The number of carbonyl (C=O) groups is 3. The monoisotopic (exact) mass is 528 g/mol. The number of ether oxygens (including phenoxy) is 2. The van der Waals surface area contributed by atoms with Gasteiger partial charge in [-0.15, -0.1) is 11.8 Å². The first-order chi connectivity index (χ1) is 17.5. The highest BCUT2D eigenvalue weighted by molar-refractivity contribution is 7.99. The van der Waals surface area contributed by atoms with Crippen molar-refractivity contribution >= 4 is 29.9 Å². The van der Waals surface area contributed by atoms with Gasteiger partial charge in [0.2, 0.25) is 0 Å². The Labute approximate surface area is 222 Å². The molecule has 1 aliphatic rings. The number of rotatable bonds is 10. The first kappa shape index (κ1) is 28.4. The zero-order chi connectivity index (χ0) is 27.2. The quantitative estimate of drug-likeness (QED) is 0.271. The Bertz CT molecular complexity index is 1090. The number of hydrogen-bond donors (Lipinski definition) is 3. The molecule has 1 aliphatic carbocycles. The summed E-state index contributed by atoms with van der Waals surface area (Å²) in [4.78, 5) is 36.9. The lowest BCUT2D eigenvalue weighted by atomic mass is 9.85. The van der Waals surface area contributed by atoms with Crippen molar-refractivity contribution in [3.63, 3.8) is 0 Å². The average molecular weight is 529 g/mol. The molecular weight excluding hydrogens is 492 g/mol. The first-order valence-electron chi connectivity index (χ1n) is 12.3. The maximum Gasteiger partial charge on any atom is 0.408 e. The molecule has 2 aromatic rings. The fourth-order valence-corrected chi connectivity index (χ4v) is 5.49. The second-order valence-electron chi connectivity index (χ2n) is 10.3. The number of hydrogen-bond acceptors (Lipinski definition) is 6. The van der Waals surface area contributed by atoms with Crippen molar-refractivity contribution in [2.75, 3.05) is 19.4 Å². The van der Waals surface area contributed by atoms with E-state index in [0.29, 0.717) is 6.42 Å². The summed E-state index contributed by atoms with van der Waals surface area (Å²) < 4.78 is 10.8. The molecule has 0 aromatic heterocycles. The van der Waals surface area contributed by atoms with Crippen LogP contribution in [-0.2, 0) is 14.3 Å². The average Bonchev–Trinajstić information content (AvgIpc) is 3.16. The number of carbonyl (C=O) groups excluding carboxylic acids is 2. The molecule has 3 N–H and O–H groups in total. The SMILES string of the molecule is CSC(NC(=O)OCC1c2ccccc2-c2ccccc21)[C@@](C)(CCCNC(=O)OC(C)(C)C)C(=O)O. The summed E-state index contributed by atoms with van der Waals surface area (Å²) in [5.74, 6) is -1.13. The summed E-state index contributed by atoms with van der Waals surface area (Å²) >= 11 is 1.24. The molecule has 0 spiro atoms. The molecule has 0 aliphatic heterocycles. The van der Waals surface area contributed by atoms with Gasteiger partial charge in [-0.1, -0.05) is 48.5 Å². The molecule has 0 heterocycles. The van der Waals surface area contributed by atoms with Gasteiger partial charge in [0.1, 0.15) is 12.2 Å².